The van der Waals surface area contributed by atoms with Crippen LogP contribution in [0.5, 0.6) is 0 Å². The Morgan fingerprint density at radius 2 is 1.61 bits per heavy atom. The van der Waals surface area contributed by atoms with Gasteiger partial charge in [0.15, 0.2) is 17.5 Å². The smallest absolute Gasteiger partial charge is 0.180 e. The number of nitrogens with zero attached hydrogens (tertiary/aromatic N) is 6. The van der Waals surface area contributed by atoms with Crippen molar-refractivity contribution in [3.8, 4) is 33.9 Å². The normalized spacial score (nSPS) is 11.1. The fourth-order valence-corrected chi connectivity index (χ4v) is 3.85. The maximum Gasteiger partial charge on any atom is 0.180 e. The summed E-state index contributed by atoms with van der Waals surface area (Å²) in [5.74, 6) is 2.36. The fraction of sp³-hybridized carbons (Fsp3) is 0.160. The average molecular weight is 437 g/mol. The highest BCUT2D eigenvalue weighted by Gasteiger charge is 2.13. The van der Waals surface area contributed by atoms with Gasteiger partial charge in [-0.2, -0.15) is 5.10 Å². The van der Waals surface area contributed by atoms with Crippen LogP contribution in [0.2, 0.25) is 0 Å². The zero-order valence-corrected chi connectivity index (χ0v) is 18.3. The van der Waals surface area contributed by atoms with Crippen molar-refractivity contribution >= 4 is 5.69 Å². The molecule has 0 unspecified atom stereocenters. The Balaban J connectivity index is 1.44. The number of nitrogen functional groups attached to an aromatic ring is 1. The zero-order chi connectivity index (χ0) is 22.6. The van der Waals surface area contributed by atoms with E-state index in [1.54, 1.807) is 0 Å². The topological polar surface area (TPSA) is 111 Å². The second kappa shape index (κ2) is 9.04. The second-order valence-corrected chi connectivity index (χ2v) is 7.87. The van der Waals surface area contributed by atoms with Gasteiger partial charge in [0.25, 0.3) is 0 Å². The summed E-state index contributed by atoms with van der Waals surface area (Å²) in [5, 5.41) is 19.1. The van der Waals surface area contributed by atoms with E-state index < -0.39 is 0 Å². The first-order valence-corrected chi connectivity index (χ1v) is 10.9. The summed E-state index contributed by atoms with van der Waals surface area (Å²) < 4.78 is 1.97. The number of anilines is 1. The molecule has 0 spiro atoms. The number of hydrogen-bond acceptors (Lipinski definition) is 6. The summed E-state index contributed by atoms with van der Waals surface area (Å²) in [5.41, 5.74) is 11.9. The zero-order valence-electron chi connectivity index (χ0n) is 18.3. The first-order chi connectivity index (χ1) is 16.2. The number of aromatic amines is 1. The molecule has 0 aliphatic rings. The average Bonchev–Trinajstić information content (AvgIpc) is 3.51. The number of aryl methyl sites for hydroxylation is 1. The van der Waals surface area contributed by atoms with Gasteiger partial charge in [-0.05, 0) is 57.8 Å². The molecule has 0 bridgehead atoms. The summed E-state index contributed by atoms with van der Waals surface area (Å²) in [6.07, 6.45) is 1.85. The largest absolute Gasteiger partial charge is 0.399 e. The third kappa shape index (κ3) is 4.36. The molecule has 0 atom stereocenters. The number of nitrogens with two attached hydrogens (primary N) is 1. The van der Waals surface area contributed by atoms with E-state index in [1.807, 2.05) is 47.1 Å². The van der Waals surface area contributed by atoms with Crippen LogP contribution in [0.4, 0.5) is 5.69 Å². The molecule has 5 aromatic rings. The molecule has 3 N–H and O–H groups in total. The molecule has 0 radical (unpaired) electrons. The summed E-state index contributed by atoms with van der Waals surface area (Å²) >= 11 is 0. The van der Waals surface area contributed by atoms with Crippen LogP contribution in [0.25, 0.3) is 33.9 Å². The minimum atomic E-state index is 0.629. The van der Waals surface area contributed by atoms with Gasteiger partial charge in [-0.1, -0.05) is 55.5 Å². The molecule has 0 amide bonds. The molecular formula is C25H24N8. The lowest BCUT2D eigenvalue weighted by molar-refractivity contribution is 0.674. The van der Waals surface area contributed by atoms with E-state index in [0.29, 0.717) is 12.4 Å². The molecule has 164 valence electrons. The van der Waals surface area contributed by atoms with Crippen LogP contribution in [0, 0.1) is 0 Å². The van der Waals surface area contributed by atoms with Crippen LogP contribution in [-0.4, -0.2) is 35.4 Å². The third-order valence-electron chi connectivity index (χ3n) is 5.48. The lowest BCUT2D eigenvalue weighted by atomic mass is 9.98. The van der Waals surface area contributed by atoms with Crippen LogP contribution in [0.3, 0.4) is 0 Å². The molecule has 0 saturated heterocycles. The van der Waals surface area contributed by atoms with Gasteiger partial charge in [0.2, 0.25) is 0 Å². The van der Waals surface area contributed by atoms with Gasteiger partial charge in [0.05, 0.1) is 6.54 Å². The van der Waals surface area contributed by atoms with E-state index in [2.05, 4.69) is 57.9 Å². The predicted octanol–water partition coefficient (Wildman–Crippen LogP) is 4.38. The molecule has 2 aromatic heterocycles. The SMILES string of the molecule is CCCc1nc(-c2ccc(N)cc2)n(Cc2ccc(-c3ccccc3-c3nnn[nH]3)cc2)n1. The summed E-state index contributed by atoms with van der Waals surface area (Å²) in [6, 6.07) is 24.3. The summed E-state index contributed by atoms with van der Waals surface area (Å²) in [6.45, 7) is 2.76. The molecule has 2 heterocycles. The molecule has 8 heteroatoms. The number of hydrogen-bond donors (Lipinski definition) is 2. The van der Waals surface area contributed by atoms with Gasteiger partial charge >= 0.3 is 0 Å². The summed E-state index contributed by atoms with van der Waals surface area (Å²) in [4.78, 5) is 4.79. The van der Waals surface area contributed by atoms with Crippen molar-refractivity contribution in [1.29, 1.82) is 0 Å². The Morgan fingerprint density at radius 3 is 2.30 bits per heavy atom. The first kappa shape index (κ1) is 20.6. The van der Waals surface area contributed by atoms with E-state index in [4.69, 9.17) is 15.8 Å². The predicted molar refractivity (Wildman–Crippen MR) is 128 cm³/mol. The van der Waals surface area contributed by atoms with Crippen molar-refractivity contribution in [3.05, 3.63) is 84.2 Å². The highest BCUT2D eigenvalue weighted by Crippen LogP contribution is 2.30. The first-order valence-electron chi connectivity index (χ1n) is 10.9. The second-order valence-electron chi connectivity index (χ2n) is 7.87. The molecule has 8 nitrogen and oxygen atoms in total. The van der Waals surface area contributed by atoms with E-state index >= 15 is 0 Å². The number of tetrazole rings is 1. The fourth-order valence-electron chi connectivity index (χ4n) is 3.85. The number of H-pyrrole nitrogens is 1. The van der Waals surface area contributed by atoms with Crippen molar-refractivity contribution in [2.75, 3.05) is 5.73 Å². The highest BCUT2D eigenvalue weighted by molar-refractivity contribution is 5.80. The van der Waals surface area contributed by atoms with E-state index in [1.165, 1.54) is 0 Å². The standard InChI is InChI=1S/C25H24N8/c1-2-5-23-27-25(19-12-14-20(26)15-13-19)33(30-23)16-17-8-10-18(11-9-17)21-6-3-4-7-22(21)24-28-31-32-29-24/h3-4,6-15H,2,5,16,26H2,1H3,(H,28,29,31,32). The Morgan fingerprint density at radius 1 is 0.879 bits per heavy atom. The van der Waals surface area contributed by atoms with Crippen molar-refractivity contribution in [1.82, 2.24) is 35.4 Å². The highest BCUT2D eigenvalue weighted by atomic mass is 15.5. The molecule has 0 fully saturated rings. The maximum atomic E-state index is 5.87. The van der Waals surface area contributed by atoms with Gasteiger partial charge in [-0.3, -0.25) is 0 Å². The van der Waals surface area contributed by atoms with Gasteiger partial charge < -0.3 is 5.73 Å². The molecular weight excluding hydrogens is 412 g/mol. The van der Waals surface area contributed by atoms with Crippen molar-refractivity contribution in [2.45, 2.75) is 26.3 Å². The number of nitrogens with one attached hydrogen (secondary N) is 1. The quantitative estimate of drug-likeness (QED) is 0.366. The van der Waals surface area contributed by atoms with E-state index in [-0.39, 0.29) is 0 Å². The molecule has 33 heavy (non-hydrogen) atoms. The van der Waals surface area contributed by atoms with E-state index in [9.17, 15) is 0 Å². The molecule has 0 aliphatic carbocycles. The molecule has 5 rings (SSSR count). The Kier molecular flexibility index (Phi) is 5.63. The number of benzene rings is 3. The summed E-state index contributed by atoms with van der Waals surface area (Å²) in [7, 11) is 0. The Labute approximate surface area is 191 Å². The number of rotatable bonds is 7. The number of aromatic nitrogens is 7. The Hall–Kier alpha value is -4.33. The Bertz CT molecular complexity index is 1340. The van der Waals surface area contributed by atoms with Crippen LogP contribution < -0.4 is 5.73 Å². The monoisotopic (exact) mass is 436 g/mol. The van der Waals surface area contributed by atoms with Crippen LogP contribution >= 0.6 is 0 Å². The lowest BCUT2D eigenvalue weighted by Gasteiger charge is -2.10. The molecule has 3 aromatic carbocycles. The van der Waals surface area contributed by atoms with E-state index in [0.717, 1.165) is 58.0 Å². The van der Waals surface area contributed by atoms with Crippen molar-refractivity contribution in [3.63, 3.8) is 0 Å². The van der Waals surface area contributed by atoms with Crippen molar-refractivity contribution in [2.24, 2.45) is 0 Å². The van der Waals surface area contributed by atoms with Crippen molar-refractivity contribution < 1.29 is 0 Å². The molecule has 0 saturated carbocycles. The van der Waals surface area contributed by atoms with Gasteiger partial charge in [-0.25, -0.2) is 14.8 Å². The van der Waals surface area contributed by atoms with Crippen LogP contribution in [-0.2, 0) is 13.0 Å². The third-order valence-corrected chi connectivity index (χ3v) is 5.48. The van der Waals surface area contributed by atoms with Crippen LogP contribution in [0.1, 0.15) is 24.7 Å². The maximum absolute atomic E-state index is 5.87. The minimum Gasteiger partial charge on any atom is -0.399 e. The van der Waals surface area contributed by atoms with Gasteiger partial charge in [-0.15, -0.1) is 5.10 Å². The van der Waals surface area contributed by atoms with Gasteiger partial charge in [0.1, 0.15) is 0 Å². The van der Waals surface area contributed by atoms with Crippen LogP contribution in [0.15, 0.2) is 72.8 Å². The molecule has 0 aliphatic heterocycles. The minimum absolute atomic E-state index is 0.629. The lowest BCUT2D eigenvalue weighted by Crippen LogP contribution is -2.04. The van der Waals surface area contributed by atoms with Gasteiger partial charge in [0, 0.05) is 23.2 Å².